The van der Waals surface area contributed by atoms with Crippen LogP contribution in [0.5, 0.6) is 0 Å². The lowest BCUT2D eigenvalue weighted by atomic mass is 10.2. The minimum absolute atomic E-state index is 0.388. The molecule has 90 valence electrons. The molecule has 0 aromatic carbocycles. The molecule has 0 aliphatic carbocycles. The molecule has 5 heteroatoms. The van der Waals surface area contributed by atoms with Gasteiger partial charge in [0.25, 0.3) is 0 Å². The Balaban J connectivity index is 2.10. The Hall–Kier alpha value is -1.23. The van der Waals surface area contributed by atoms with Gasteiger partial charge in [0.2, 0.25) is 0 Å². The summed E-state index contributed by atoms with van der Waals surface area (Å²) in [6, 6.07) is 0. The number of anilines is 2. The van der Waals surface area contributed by atoms with Gasteiger partial charge in [0.05, 0.1) is 18.0 Å². The highest BCUT2D eigenvalue weighted by Crippen LogP contribution is 2.25. The third-order valence-corrected chi connectivity index (χ3v) is 3.24. The average Bonchev–Trinajstić information content (AvgIpc) is 2.53. The molecule has 16 heavy (non-hydrogen) atoms. The number of hydrogen-bond donors (Lipinski definition) is 1. The van der Waals surface area contributed by atoms with Gasteiger partial charge in [0, 0.05) is 27.2 Å². The summed E-state index contributed by atoms with van der Waals surface area (Å²) in [5.74, 6) is 1.04. The van der Waals surface area contributed by atoms with Crippen molar-refractivity contribution in [2.24, 2.45) is 7.05 Å². The van der Waals surface area contributed by atoms with Crippen LogP contribution in [0.3, 0.4) is 0 Å². The van der Waals surface area contributed by atoms with E-state index in [4.69, 9.17) is 10.5 Å². The first-order valence-electron chi connectivity index (χ1n) is 5.77. The molecule has 5 nitrogen and oxygen atoms in total. The van der Waals surface area contributed by atoms with E-state index in [1.165, 1.54) is 0 Å². The van der Waals surface area contributed by atoms with Gasteiger partial charge in [0.15, 0.2) is 0 Å². The lowest BCUT2D eigenvalue weighted by Gasteiger charge is -2.23. The Morgan fingerprint density at radius 3 is 2.88 bits per heavy atom. The van der Waals surface area contributed by atoms with E-state index in [0.29, 0.717) is 6.10 Å². The third kappa shape index (κ3) is 2.14. The Morgan fingerprint density at radius 2 is 2.25 bits per heavy atom. The highest BCUT2D eigenvalue weighted by molar-refractivity contribution is 5.62. The number of nitrogens with zero attached hydrogens (tertiary/aromatic N) is 3. The normalized spacial score (nSPS) is 22.1. The van der Waals surface area contributed by atoms with E-state index in [-0.39, 0.29) is 0 Å². The fourth-order valence-electron chi connectivity index (χ4n) is 2.35. The van der Waals surface area contributed by atoms with Crippen LogP contribution in [-0.2, 0) is 11.8 Å². The third-order valence-electron chi connectivity index (χ3n) is 3.24. The molecule has 2 N–H and O–H groups in total. The standard InChI is InChI=1S/C11H20N4O/c1-14-11(10(12)8-13-14)15-6-3-4-9(16-2)5-7-15/h8-9H,3-7,12H2,1-2H3. The van der Waals surface area contributed by atoms with E-state index >= 15 is 0 Å². The second kappa shape index (κ2) is 4.74. The van der Waals surface area contributed by atoms with E-state index in [1.807, 2.05) is 11.7 Å². The van der Waals surface area contributed by atoms with Crippen molar-refractivity contribution in [3.8, 4) is 0 Å². The molecule has 0 saturated carbocycles. The van der Waals surface area contributed by atoms with Crippen molar-refractivity contribution in [2.75, 3.05) is 30.8 Å². The summed E-state index contributed by atoms with van der Waals surface area (Å²) in [6.07, 6.45) is 5.43. The fourth-order valence-corrected chi connectivity index (χ4v) is 2.35. The van der Waals surface area contributed by atoms with Gasteiger partial charge >= 0.3 is 0 Å². The molecule has 1 fully saturated rings. The van der Waals surface area contributed by atoms with Crippen LogP contribution in [0.4, 0.5) is 11.5 Å². The molecule has 2 rings (SSSR count). The first kappa shape index (κ1) is 11.3. The van der Waals surface area contributed by atoms with E-state index in [0.717, 1.165) is 43.9 Å². The number of ether oxygens (including phenoxy) is 1. The lowest BCUT2D eigenvalue weighted by molar-refractivity contribution is 0.0931. The largest absolute Gasteiger partial charge is 0.394 e. The zero-order valence-corrected chi connectivity index (χ0v) is 10.0. The number of aromatic nitrogens is 2. The Morgan fingerprint density at radius 1 is 1.44 bits per heavy atom. The van der Waals surface area contributed by atoms with Gasteiger partial charge in [-0.25, -0.2) is 0 Å². The van der Waals surface area contributed by atoms with Crippen LogP contribution in [-0.4, -0.2) is 36.1 Å². The van der Waals surface area contributed by atoms with Gasteiger partial charge in [-0.15, -0.1) is 0 Å². The van der Waals surface area contributed by atoms with Crippen LogP contribution in [0.2, 0.25) is 0 Å². The number of aryl methyl sites for hydroxylation is 1. The van der Waals surface area contributed by atoms with E-state index < -0.39 is 0 Å². The maximum Gasteiger partial charge on any atom is 0.150 e. The van der Waals surface area contributed by atoms with Crippen molar-refractivity contribution in [2.45, 2.75) is 25.4 Å². The van der Waals surface area contributed by atoms with Crippen molar-refractivity contribution in [1.29, 1.82) is 0 Å². The highest BCUT2D eigenvalue weighted by Gasteiger charge is 2.20. The molecule has 1 unspecified atom stereocenters. The average molecular weight is 224 g/mol. The molecule has 1 atom stereocenters. The summed E-state index contributed by atoms with van der Waals surface area (Å²) in [6.45, 7) is 2.02. The summed E-state index contributed by atoms with van der Waals surface area (Å²) in [5, 5.41) is 4.18. The van der Waals surface area contributed by atoms with Crippen LogP contribution in [0.15, 0.2) is 6.20 Å². The van der Waals surface area contributed by atoms with Crippen LogP contribution >= 0.6 is 0 Å². The van der Waals surface area contributed by atoms with Crippen molar-refractivity contribution >= 4 is 11.5 Å². The predicted octanol–water partition coefficient (Wildman–Crippen LogP) is 1.01. The number of nitrogens with two attached hydrogens (primary N) is 1. The quantitative estimate of drug-likeness (QED) is 0.814. The molecule has 0 radical (unpaired) electrons. The summed E-state index contributed by atoms with van der Waals surface area (Å²) >= 11 is 0. The van der Waals surface area contributed by atoms with Crippen molar-refractivity contribution in [1.82, 2.24) is 9.78 Å². The molecule has 2 heterocycles. The molecule has 0 bridgehead atoms. The minimum Gasteiger partial charge on any atom is -0.394 e. The van der Waals surface area contributed by atoms with Gasteiger partial charge in [-0.3, -0.25) is 4.68 Å². The summed E-state index contributed by atoms with van der Waals surface area (Å²) < 4.78 is 7.27. The molecule has 1 aromatic rings. The monoisotopic (exact) mass is 224 g/mol. The molecule has 0 amide bonds. The molecule has 0 spiro atoms. The maximum atomic E-state index is 5.93. The van der Waals surface area contributed by atoms with Crippen LogP contribution in [0, 0.1) is 0 Å². The molecular weight excluding hydrogens is 204 g/mol. The van der Waals surface area contributed by atoms with E-state index in [2.05, 4.69) is 10.00 Å². The van der Waals surface area contributed by atoms with Gasteiger partial charge in [-0.2, -0.15) is 5.10 Å². The molecular formula is C11H20N4O. The number of rotatable bonds is 2. The number of hydrogen-bond acceptors (Lipinski definition) is 4. The van der Waals surface area contributed by atoms with Crippen LogP contribution in [0.25, 0.3) is 0 Å². The summed E-state index contributed by atoms with van der Waals surface area (Å²) in [4.78, 5) is 2.31. The SMILES string of the molecule is COC1CCCN(c2c(N)cnn2C)CC1. The second-order valence-corrected chi connectivity index (χ2v) is 4.32. The molecule has 1 aliphatic rings. The maximum absolute atomic E-state index is 5.93. The topological polar surface area (TPSA) is 56.3 Å². The number of nitrogen functional groups attached to an aromatic ring is 1. The summed E-state index contributed by atoms with van der Waals surface area (Å²) in [7, 11) is 3.73. The first-order valence-corrected chi connectivity index (χ1v) is 5.77. The molecule has 1 saturated heterocycles. The Kier molecular flexibility index (Phi) is 3.33. The van der Waals surface area contributed by atoms with Gasteiger partial charge < -0.3 is 15.4 Å². The zero-order chi connectivity index (χ0) is 11.5. The zero-order valence-electron chi connectivity index (χ0n) is 10.0. The first-order chi connectivity index (χ1) is 7.72. The summed E-state index contributed by atoms with van der Waals surface area (Å²) in [5.41, 5.74) is 6.70. The highest BCUT2D eigenvalue weighted by atomic mass is 16.5. The Bertz CT molecular complexity index is 330. The second-order valence-electron chi connectivity index (χ2n) is 4.32. The fraction of sp³-hybridized carbons (Fsp3) is 0.727. The van der Waals surface area contributed by atoms with Crippen LogP contribution in [0.1, 0.15) is 19.3 Å². The van der Waals surface area contributed by atoms with Crippen molar-refractivity contribution in [3.05, 3.63) is 6.20 Å². The van der Waals surface area contributed by atoms with Gasteiger partial charge in [0.1, 0.15) is 5.82 Å². The predicted molar refractivity (Wildman–Crippen MR) is 64.5 cm³/mol. The lowest BCUT2D eigenvalue weighted by Crippen LogP contribution is -2.27. The van der Waals surface area contributed by atoms with E-state index in [1.54, 1.807) is 13.3 Å². The molecule has 1 aliphatic heterocycles. The van der Waals surface area contributed by atoms with Gasteiger partial charge in [-0.1, -0.05) is 0 Å². The van der Waals surface area contributed by atoms with Crippen molar-refractivity contribution in [3.63, 3.8) is 0 Å². The molecule has 1 aromatic heterocycles. The smallest absolute Gasteiger partial charge is 0.150 e. The minimum atomic E-state index is 0.388. The van der Waals surface area contributed by atoms with E-state index in [9.17, 15) is 0 Å². The van der Waals surface area contributed by atoms with Gasteiger partial charge in [-0.05, 0) is 19.3 Å². The number of methoxy groups -OCH3 is 1. The van der Waals surface area contributed by atoms with Crippen LogP contribution < -0.4 is 10.6 Å². The van der Waals surface area contributed by atoms with Crippen molar-refractivity contribution < 1.29 is 4.74 Å². The Labute approximate surface area is 96.2 Å².